The van der Waals surface area contributed by atoms with Crippen LogP contribution in [0.2, 0.25) is 0 Å². The van der Waals surface area contributed by atoms with Gasteiger partial charge in [0.25, 0.3) is 0 Å². The van der Waals surface area contributed by atoms with Crippen LogP contribution in [0.4, 0.5) is 0 Å². The average molecular weight is 652 g/mol. The zero-order chi connectivity index (χ0) is 33.7. The van der Waals surface area contributed by atoms with Gasteiger partial charge in [-0.1, -0.05) is 158 Å². The van der Waals surface area contributed by atoms with Gasteiger partial charge in [0, 0.05) is 33.0 Å². The summed E-state index contributed by atoms with van der Waals surface area (Å²) in [5, 5.41) is 6.87. The topological polar surface area (TPSA) is 51.8 Å². The van der Waals surface area contributed by atoms with Crippen LogP contribution in [0, 0.1) is 0 Å². The Morgan fingerprint density at radius 2 is 0.863 bits per heavy atom. The largest absolute Gasteiger partial charge is 0.455 e. The maximum atomic E-state index is 6.65. The van der Waals surface area contributed by atoms with Crippen LogP contribution in [-0.2, 0) is 0 Å². The summed E-state index contributed by atoms with van der Waals surface area (Å²) in [6.45, 7) is 0. The molecule has 0 aliphatic heterocycles. The lowest BCUT2D eigenvalue weighted by Crippen LogP contribution is -2.00. The Labute approximate surface area is 294 Å². The van der Waals surface area contributed by atoms with E-state index in [1.807, 2.05) is 42.5 Å². The van der Waals surface area contributed by atoms with E-state index in [1.54, 1.807) is 0 Å². The zero-order valence-corrected chi connectivity index (χ0v) is 27.5. The van der Waals surface area contributed by atoms with Gasteiger partial charge in [0.15, 0.2) is 17.5 Å². The molecular formula is C47H29N3O. The van der Waals surface area contributed by atoms with Gasteiger partial charge >= 0.3 is 0 Å². The molecule has 10 aromatic rings. The number of para-hydroxylation sites is 1. The molecule has 0 amide bonds. The van der Waals surface area contributed by atoms with Gasteiger partial charge in [-0.3, -0.25) is 0 Å². The number of fused-ring (bicyclic) bond motifs is 5. The van der Waals surface area contributed by atoms with E-state index in [9.17, 15) is 0 Å². The molecule has 0 spiro atoms. The van der Waals surface area contributed by atoms with E-state index in [-0.39, 0.29) is 0 Å². The van der Waals surface area contributed by atoms with Crippen LogP contribution in [-0.4, -0.2) is 15.0 Å². The molecule has 0 fully saturated rings. The Bertz CT molecular complexity index is 2910. The van der Waals surface area contributed by atoms with E-state index in [0.29, 0.717) is 17.5 Å². The van der Waals surface area contributed by atoms with Crippen LogP contribution in [0.5, 0.6) is 0 Å². The molecule has 0 atom stereocenters. The fourth-order valence-corrected chi connectivity index (χ4v) is 7.14. The van der Waals surface area contributed by atoms with Gasteiger partial charge in [0.2, 0.25) is 0 Å². The number of aromatic nitrogens is 3. The second-order valence-electron chi connectivity index (χ2n) is 12.8. The average Bonchev–Trinajstić information content (AvgIpc) is 3.60. The summed E-state index contributed by atoms with van der Waals surface area (Å²) < 4.78 is 6.65. The number of hydrogen-bond donors (Lipinski definition) is 0. The molecule has 4 nitrogen and oxygen atoms in total. The van der Waals surface area contributed by atoms with Crippen LogP contribution >= 0.6 is 0 Å². The first kappa shape index (κ1) is 29.0. The molecule has 2 heterocycles. The molecule has 8 aromatic carbocycles. The number of furan rings is 1. The van der Waals surface area contributed by atoms with Crippen molar-refractivity contribution in [3.8, 4) is 56.4 Å². The maximum Gasteiger partial charge on any atom is 0.164 e. The van der Waals surface area contributed by atoms with E-state index in [2.05, 4.69) is 133 Å². The SMILES string of the molecule is c1ccc(-c2nc(-c3ccc(-c4ccc5ccccc5c4)cc3)nc(-c3cccc4oc5c(-c6ccc7ccccc7c6)cccc5c34)n2)cc1. The van der Waals surface area contributed by atoms with Crippen LogP contribution in [0.1, 0.15) is 0 Å². The highest BCUT2D eigenvalue weighted by molar-refractivity contribution is 6.15. The van der Waals surface area contributed by atoms with Gasteiger partial charge in [0.1, 0.15) is 11.2 Å². The first-order valence-electron chi connectivity index (χ1n) is 17.1. The van der Waals surface area contributed by atoms with Crippen LogP contribution in [0.15, 0.2) is 180 Å². The third-order valence-corrected chi connectivity index (χ3v) is 9.72. The van der Waals surface area contributed by atoms with Crippen molar-refractivity contribution in [2.45, 2.75) is 0 Å². The predicted molar refractivity (Wildman–Crippen MR) is 209 cm³/mol. The van der Waals surface area contributed by atoms with Crippen molar-refractivity contribution in [2.24, 2.45) is 0 Å². The lowest BCUT2D eigenvalue weighted by Gasteiger charge is -2.10. The third kappa shape index (κ3) is 5.13. The van der Waals surface area contributed by atoms with Crippen molar-refractivity contribution >= 4 is 43.5 Å². The molecule has 238 valence electrons. The van der Waals surface area contributed by atoms with Crippen LogP contribution < -0.4 is 0 Å². The summed E-state index contributed by atoms with van der Waals surface area (Å²) in [4.78, 5) is 15.2. The Morgan fingerprint density at radius 3 is 1.59 bits per heavy atom. The van der Waals surface area contributed by atoms with Gasteiger partial charge in [-0.05, 0) is 56.4 Å². The predicted octanol–water partition coefficient (Wildman–Crippen LogP) is 12.4. The van der Waals surface area contributed by atoms with Gasteiger partial charge in [0.05, 0.1) is 0 Å². The Balaban J connectivity index is 1.12. The van der Waals surface area contributed by atoms with E-state index in [1.165, 1.54) is 27.1 Å². The zero-order valence-electron chi connectivity index (χ0n) is 27.5. The molecule has 4 heteroatoms. The van der Waals surface area contributed by atoms with Crippen molar-refractivity contribution in [3.05, 3.63) is 176 Å². The second-order valence-corrected chi connectivity index (χ2v) is 12.8. The minimum atomic E-state index is 0.599. The van der Waals surface area contributed by atoms with Crippen molar-refractivity contribution < 1.29 is 4.42 Å². The summed E-state index contributed by atoms with van der Waals surface area (Å²) >= 11 is 0. The van der Waals surface area contributed by atoms with Crippen molar-refractivity contribution in [1.29, 1.82) is 0 Å². The van der Waals surface area contributed by atoms with Crippen molar-refractivity contribution in [2.75, 3.05) is 0 Å². The van der Waals surface area contributed by atoms with E-state index >= 15 is 0 Å². The lowest BCUT2D eigenvalue weighted by atomic mass is 9.98. The molecule has 0 radical (unpaired) electrons. The van der Waals surface area contributed by atoms with Crippen LogP contribution in [0.3, 0.4) is 0 Å². The summed E-state index contributed by atoms with van der Waals surface area (Å²) in [6.07, 6.45) is 0. The first-order chi connectivity index (χ1) is 25.2. The first-order valence-corrected chi connectivity index (χ1v) is 17.1. The fourth-order valence-electron chi connectivity index (χ4n) is 7.14. The molecule has 0 aliphatic carbocycles. The van der Waals surface area contributed by atoms with Crippen molar-refractivity contribution in [3.63, 3.8) is 0 Å². The number of rotatable bonds is 5. The Hall–Kier alpha value is -6.91. The van der Waals surface area contributed by atoms with E-state index in [0.717, 1.165) is 55.3 Å². The third-order valence-electron chi connectivity index (χ3n) is 9.72. The summed E-state index contributed by atoms with van der Waals surface area (Å²) in [5.74, 6) is 1.84. The molecule has 51 heavy (non-hydrogen) atoms. The Kier molecular flexibility index (Phi) is 6.78. The number of nitrogens with zero attached hydrogens (tertiary/aromatic N) is 3. The van der Waals surface area contributed by atoms with Crippen LogP contribution in [0.25, 0.3) is 99.9 Å². The summed E-state index contributed by atoms with van der Waals surface area (Å²) in [5.41, 5.74) is 8.85. The number of hydrogen-bond acceptors (Lipinski definition) is 4. The van der Waals surface area contributed by atoms with Crippen molar-refractivity contribution in [1.82, 2.24) is 15.0 Å². The highest BCUT2D eigenvalue weighted by Gasteiger charge is 2.19. The quantitative estimate of drug-likeness (QED) is 0.186. The molecule has 0 saturated carbocycles. The number of benzene rings is 8. The molecule has 0 bridgehead atoms. The molecule has 0 aliphatic rings. The maximum absolute atomic E-state index is 6.65. The van der Waals surface area contributed by atoms with E-state index < -0.39 is 0 Å². The highest BCUT2D eigenvalue weighted by atomic mass is 16.3. The molecule has 0 N–H and O–H groups in total. The fraction of sp³-hybridized carbons (Fsp3) is 0. The monoisotopic (exact) mass is 651 g/mol. The van der Waals surface area contributed by atoms with Gasteiger partial charge in [-0.2, -0.15) is 0 Å². The second kappa shape index (κ2) is 11.9. The molecule has 0 saturated heterocycles. The Morgan fingerprint density at radius 1 is 0.333 bits per heavy atom. The standard InChI is InChI=1S/C47H29N3O/c1-2-12-33(13-3-1)45-48-46(34-24-20-32(21-25-34)37-26-22-30-10-4-6-14-35(30)28-37)50-47(49-45)41-18-9-19-42-43(41)40-17-8-16-39(44(40)51-42)38-27-23-31-11-5-7-15-36(31)29-38/h1-29H. The van der Waals surface area contributed by atoms with E-state index in [4.69, 9.17) is 19.4 Å². The normalized spacial score (nSPS) is 11.5. The van der Waals surface area contributed by atoms with Gasteiger partial charge in [-0.25, -0.2) is 15.0 Å². The summed E-state index contributed by atoms with van der Waals surface area (Å²) in [7, 11) is 0. The summed E-state index contributed by atoms with van der Waals surface area (Å²) in [6, 6.07) is 61.1. The minimum absolute atomic E-state index is 0.599. The molecule has 0 unspecified atom stereocenters. The highest BCUT2D eigenvalue weighted by Crippen LogP contribution is 2.41. The minimum Gasteiger partial charge on any atom is -0.455 e. The van der Waals surface area contributed by atoms with Gasteiger partial charge in [-0.15, -0.1) is 0 Å². The lowest BCUT2D eigenvalue weighted by molar-refractivity contribution is 0.670. The molecule has 10 rings (SSSR count). The van der Waals surface area contributed by atoms with Gasteiger partial charge < -0.3 is 4.42 Å². The molecule has 2 aromatic heterocycles. The smallest absolute Gasteiger partial charge is 0.164 e. The molecular weight excluding hydrogens is 623 g/mol.